The molecule has 25 heavy (non-hydrogen) atoms. The van der Waals surface area contributed by atoms with Gasteiger partial charge in [-0.2, -0.15) is 0 Å². The van der Waals surface area contributed by atoms with Gasteiger partial charge in [-0.1, -0.05) is 24.6 Å². The number of nitrogens with zero attached hydrogens (tertiary/aromatic N) is 2. The molecule has 0 aliphatic heterocycles. The highest BCUT2D eigenvalue weighted by molar-refractivity contribution is 7.16. The third-order valence-electron chi connectivity index (χ3n) is 4.31. The molecule has 0 aromatic carbocycles. The molecule has 8 heteroatoms. The Morgan fingerprint density at radius 1 is 1.48 bits per heavy atom. The largest absolute Gasteiger partial charge is 0.480 e. The van der Waals surface area contributed by atoms with Crippen molar-refractivity contribution in [2.45, 2.75) is 38.4 Å². The Morgan fingerprint density at radius 3 is 2.72 bits per heavy atom. The Labute approximate surface area is 157 Å². The summed E-state index contributed by atoms with van der Waals surface area (Å²) >= 11 is 7.40. The van der Waals surface area contributed by atoms with Crippen molar-refractivity contribution in [2.24, 2.45) is 0 Å². The van der Waals surface area contributed by atoms with Crippen molar-refractivity contribution in [3.63, 3.8) is 0 Å². The van der Waals surface area contributed by atoms with Gasteiger partial charge in [0.2, 0.25) is 0 Å². The van der Waals surface area contributed by atoms with Crippen LogP contribution >= 0.6 is 22.9 Å². The molecule has 2 N–H and O–H groups in total. The molecule has 1 aliphatic rings. The number of aliphatic carboxylic acids is 1. The Kier molecular flexibility index (Phi) is 7.28. The third-order valence-corrected chi connectivity index (χ3v) is 5.53. The lowest BCUT2D eigenvalue weighted by Crippen LogP contribution is -2.56. The van der Waals surface area contributed by atoms with E-state index in [-0.39, 0.29) is 24.7 Å². The zero-order valence-corrected chi connectivity index (χ0v) is 15.9. The second-order valence-corrected chi connectivity index (χ2v) is 7.90. The molecule has 1 saturated carbocycles. The van der Waals surface area contributed by atoms with E-state index in [4.69, 9.17) is 16.7 Å². The maximum Gasteiger partial charge on any atom is 0.318 e. The van der Waals surface area contributed by atoms with Crippen LogP contribution in [0, 0.1) is 0 Å². The Hall–Kier alpha value is -1.57. The van der Waals surface area contributed by atoms with Gasteiger partial charge in [-0.05, 0) is 31.5 Å². The zero-order valence-electron chi connectivity index (χ0n) is 14.3. The number of thiophene rings is 1. The topological polar surface area (TPSA) is 72.9 Å². The first kappa shape index (κ1) is 19.8. The normalized spacial score (nSPS) is 19.3. The van der Waals surface area contributed by atoms with E-state index in [0.29, 0.717) is 24.0 Å². The van der Waals surface area contributed by atoms with Gasteiger partial charge in [0.15, 0.2) is 0 Å². The van der Waals surface area contributed by atoms with Crippen molar-refractivity contribution < 1.29 is 14.7 Å². The molecule has 0 spiro atoms. The summed E-state index contributed by atoms with van der Waals surface area (Å²) in [7, 11) is 0. The fourth-order valence-electron chi connectivity index (χ4n) is 2.94. The van der Waals surface area contributed by atoms with Gasteiger partial charge in [-0.15, -0.1) is 17.9 Å². The number of carbonyl (C=O) groups is 2. The van der Waals surface area contributed by atoms with Crippen molar-refractivity contribution in [3.8, 4) is 0 Å². The monoisotopic (exact) mass is 385 g/mol. The molecule has 1 fully saturated rings. The lowest BCUT2D eigenvalue weighted by molar-refractivity contribution is -0.139. The molecule has 1 heterocycles. The van der Waals surface area contributed by atoms with Gasteiger partial charge in [0, 0.05) is 23.5 Å². The highest BCUT2D eigenvalue weighted by Crippen LogP contribution is 2.26. The predicted molar refractivity (Wildman–Crippen MR) is 100 cm³/mol. The molecule has 138 valence electrons. The van der Waals surface area contributed by atoms with E-state index in [1.54, 1.807) is 11.0 Å². The lowest BCUT2D eigenvalue weighted by Gasteiger charge is -2.42. The number of amides is 2. The molecule has 0 bridgehead atoms. The van der Waals surface area contributed by atoms with Crippen molar-refractivity contribution in [2.75, 3.05) is 19.6 Å². The van der Waals surface area contributed by atoms with E-state index in [2.05, 4.69) is 11.9 Å². The lowest BCUT2D eigenvalue weighted by atomic mass is 9.85. The summed E-state index contributed by atoms with van der Waals surface area (Å²) in [5.74, 6) is -0.818. The first-order chi connectivity index (χ1) is 11.9. The van der Waals surface area contributed by atoms with Gasteiger partial charge in [0.1, 0.15) is 0 Å². The standard InChI is InChI=1S/C17H24ClN3O3S/c1-3-7-21(10-14-5-6-15(18)25-14)17(24)19-12-8-13(9-12)20(4-2)11-16(22)23/h3,5-6,12-13H,1,4,7-11H2,2H3,(H,19,24)(H,22,23). The van der Waals surface area contributed by atoms with Crippen LogP contribution in [0.2, 0.25) is 4.34 Å². The summed E-state index contributed by atoms with van der Waals surface area (Å²) in [6, 6.07) is 3.91. The summed E-state index contributed by atoms with van der Waals surface area (Å²) in [5.41, 5.74) is 0. The Morgan fingerprint density at radius 2 is 2.20 bits per heavy atom. The van der Waals surface area contributed by atoms with Crippen LogP contribution in [0.25, 0.3) is 0 Å². The maximum atomic E-state index is 12.5. The van der Waals surface area contributed by atoms with Crippen LogP contribution in [-0.4, -0.2) is 58.6 Å². The van der Waals surface area contributed by atoms with Gasteiger partial charge in [-0.3, -0.25) is 9.69 Å². The first-order valence-corrected chi connectivity index (χ1v) is 9.48. The van der Waals surface area contributed by atoms with Gasteiger partial charge in [-0.25, -0.2) is 4.79 Å². The molecular formula is C17H24ClN3O3S. The minimum atomic E-state index is -0.818. The molecular weight excluding hydrogens is 362 g/mol. The number of nitrogens with one attached hydrogen (secondary N) is 1. The fourth-order valence-corrected chi connectivity index (χ4v) is 4.05. The van der Waals surface area contributed by atoms with Gasteiger partial charge >= 0.3 is 12.0 Å². The number of carboxylic acids is 1. The minimum Gasteiger partial charge on any atom is -0.480 e. The summed E-state index contributed by atoms with van der Waals surface area (Å²) in [4.78, 5) is 28.0. The second kappa shape index (κ2) is 9.22. The summed E-state index contributed by atoms with van der Waals surface area (Å²) in [6.07, 6.45) is 3.25. The number of carbonyl (C=O) groups excluding carboxylic acids is 1. The second-order valence-electron chi connectivity index (χ2n) is 6.10. The zero-order chi connectivity index (χ0) is 18.4. The molecule has 1 aromatic heterocycles. The summed E-state index contributed by atoms with van der Waals surface area (Å²) in [5, 5.41) is 12.0. The van der Waals surface area contributed by atoms with Crippen molar-refractivity contribution in [3.05, 3.63) is 34.0 Å². The van der Waals surface area contributed by atoms with E-state index in [1.807, 2.05) is 24.0 Å². The van der Waals surface area contributed by atoms with E-state index in [1.165, 1.54) is 11.3 Å². The van der Waals surface area contributed by atoms with Crippen LogP contribution < -0.4 is 5.32 Å². The SMILES string of the molecule is C=CCN(Cc1ccc(Cl)s1)C(=O)NC1CC(N(CC)CC(=O)O)C1. The Bertz CT molecular complexity index is 616. The number of likely N-dealkylation sites (N-methyl/N-ethyl adjacent to an activating group) is 1. The minimum absolute atomic E-state index is 0.0452. The van der Waals surface area contributed by atoms with Gasteiger partial charge < -0.3 is 15.3 Å². The average Bonchev–Trinajstić information content (AvgIpc) is 2.92. The van der Waals surface area contributed by atoms with E-state index in [9.17, 15) is 9.59 Å². The number of carboxylic acid groups (broad SMARTS) is 1. The molecule has 0 unspecified atom stereocenters. The number of hydrogen-bond donors (Lipinski definition) is 2. The molecule has 0 saturated heterocycles. The number of hydrogen-bond acceptors (Lipinski definition) is 4. The van der Waals surface area contributed by atoms with Crippen LogP contribution in [0.15, 0.2) is 24.8 Å². The predicted octanol–water partition coefficient (Wildman–Crippen LogP) is 3.04. The smallest absolute Gasteiger partial charge is 0.318 e. The average molecular weight is 386 g/mol. The molecule has 1 aliphatic carbocycles. The highest BCUT2D eigenvalue weighted by atomic mass is 35.5. The fraction of sp³-hybridized carbons (Fsp3) is 0.529. The number of halogens is 1. The molecule has 0 atom stereocenters. The molecule has 6 nitrogen and oxygen atoms in total. The summed E-state index contributed by atoms with van der Waals surface area (Å²) in [6.45, 7) is 7.35. The van der Waals surface area contributed by atoms with Crippen molar-refractivity contribution >= 4 is 34.9 Å². The number of urea groups is 1. The van der Waals surface area contributed by atoms with Crippen LogP contribution in [0.5, 0.6) is 0 Å². The van der Waals surface area contributed by atoms with E-state index < -0.39 is 5.97 Å². The quantitative estimate of drug-likeness (QED) is 0.641. The Balaban J connectivity index is 1.83. The first-order valence-electron chi connectivity index (χ1n) is 8.29. The maximum absolute atomic E-state index is 12.5. The summed E-state index contributed by atoms with van der Waals surface area (Å²) < 4.78 is 0.703. The van der Waals surface area contributed by atoms with Gasteiger partial charge in [0.25, 0.3) is 0 Å². The van der Waals surface area contributed by atoms with Crippen LogP contribution in [0.3, 0.4) is 0 Å². The highest BCUT2D eigenvalue weighted by Gasteiger charge is 2.35. The number of rotatable bonds is 9. The van der Waals surface area contributed by atoms with Crippen molar-refractivity contribution in [1.82, 2.24) is 15.1 Å². The van der Waals surface area contributed by atoms with Gasteiger partial charge in [0.05, 0.1) is 17.4 Å². The van der Waals surface area contributed by atoms with Crippen LogP contribution in [-0.2, 0) is 11.3 Å². The molecule has 2 amide bonds. The van der Waals surface area contributed by atoms with Crippen LogP contribution in [0.1, 0.15) is 24.6 Å². The molecule has 2 rings (SSSR count). The van der Waals surface area contributed by atoms with Crippen molar-refractivity contribution in [1.29, 1.82) is 0 Å². The molecule has 1 aromatic rings. The third kappa shape index (κ3) is 5.73. The van der Waals surface area contributed by atoms with Crippen LogP contribution in [0.4, 0.5) is 4.79 Å². The van der Waals surface area contributed by atoms with E-state index in [0.717, 1.165) is 17.7 Å². The van der Waals surface area contributed by atoms with E-state index >= 15 is 0 Å². The molecule has 0 radical (unpaired) electrons.